The highest BCUT2D eigenvalue weighted by atomic mass is 32.2. The number of likely N-dealkylation sites (N-methyl/N-ethyl adjacent to an activating group) is 1. The van der Waals surface area contributed by atoms with Crippen LogP contribution in [0.1, 0.15) is 44.6 Å². The van der Waals surface area contributed by atoms with Crippen LogP contribution in [0.3, 0.4) is 0 Å². The molecule has 0 bridgehead atoms. The molecule has 9 heteroatoms. The molecule has 2 aliphatic rings. The molecule has 1 aromatic carbocycles. The van der Waals surface area contributed by atoms with Gasteiger partial charge in [0, 0.05) is 19.2 Å². The molecule has 1 atom stereocenters. The second-order valence-electron chi connectivity index (χ2n) is 7.43. The van der Waals surface area contributed by atoms with E-state index in [2.05, 4.69) is 10.6 Å². The summed E-state index contributed by atoms with van der Waals surface area (Å²) in [6, 6.07) is 3.14. The molecule has 0 saturated heterocycles. The molecule has 1 fully saturated rings. The third-order valence-corrected chi connectivity index (χ3v) is 7.19. The van der Waals surface area contributed by atoms with E-state index in [4.69, 9.17) is 4.74 Å². The Morgan fingerprint density at radius 1 is 1.32 bits per heavy atom. The molecular formula is C19H27N3O5S. The number of hydrogen-bond acceptors (Lipinski definition) is 5. The number of carbonyl (C=O) groups excluding carboxylic acids is 2. The van der Waals surface area contributed by atoms with Crippen molar-refractivity contribution >= 4 is 27.5 Å². The van der Waals surface area contributed by atoms with Crippen LogP contribution in [-0.2, 0) is 19.6 Å². The van der Waals surface area contributed by atoms with Crippen molar-refractivity contribution in [1.29, 1.82) is 0 Å². The van der Waals surface area contributed by atoms with Crippen molar-refractivity contribution in [1.82, 2.24) is 9.62 Å². The monoisotopic (exact) mass is 409 g/mol. The van der Waals surface area contributed by atoms with E-state index in [1.165, 1.54) is 13.1 Å². The third-order valence-electron chi connectivity index (χ3n) is 5.24. The van der Waals surface area contributed by atoms with Gasteiger partial charge in [-0.3, -0.25) is 9.59 Å². The van der Waals surface area contributed by atoms with Crippen molar-refractivity contribution < 1.29 is 22.7 Å². The molecule has 1 saturated carbocycles. The number of amides is 2. The number of benzene rings is 1. The second kappa shape index (κ2) is 8.08. The highest BCUT2D eigenvalue weighted by Crippen LogP contribution is 2.35. The summed E-state index contributed by atoms with van der Waals surface area (Å²) in [7, 11) is -2.50. The Labute approximate surface area is 165 Å². The number of sulfonamides is 1. The maximum atomic E-state index is 13.0. The summed E-state index contributed by atoms with van der Waals surface area (Å²) in [4.78, 5) is 24.2. The third kappa shape index (κ3) is 4.15. The summed E-state index contributed by atoms with van der Waals surface area (Å²) in [6.07, 6.45) is 3.87. The minimum Gasteiger partial charge on any atom is -0.478 e. The Morgan fingerprint density at radius 2 is 2.00 bits per heavy atom. The van der Waals surface area contributed by atoms with Gasteiger partial charge >= 0.3 is 0 Å². The molecule has 3 rings (SSSR count). The molecule has 1 aromatic rings. The normalized spacial score (nSPS) is 19.9. The highest BCUT2D eigenvalue weighted by molar-refractivity contribution is 7.89. The molecular weight excluding hydrogens is 382 g/mol. The van der Waals surface area contributed by atoms with Crippen LogP contribution in [0.5, 0.6) is 5.75 Å². The van der Waals surface area contributed by atoms with Crippen LogP contribution in [0.2, 0.25) is 0 Å². The molecule has 2 N–H and O–H groups in total. The second-order valence-corrected chi connectivity index (χ2v) is 9.44. The number of anilines is 1. The van der Waals surface area contributed by atoms with Crippen molar-refractivity contribution in [3.8, 4) is 5.75 Å². The predicted molar refractivity (Wildman–Crippen MR) is 105 cm³/mol. The first-order chi connectivity index (χ1) is 13.2. The number of rotatable bonds is 6. The summed E-state index contributed by atoms with van der Waals surface area (Å²) in [6.45, 7) is 3.22. The molecule has 1 heterocycles. The maximum Gasteiger partial charge on any atom is 0.265 e. The van der Waals surface area contributed by atoms with Gasteiger partial charge in [0.25, 0.3) is 5.91 Å². The average molecular weight is 410 g/mol. The molecule has 154 valence electrons. The van der Waals surface area contributed by atoms with Crippen molar-refractivity contribution in [2.24, 2.45) is 0 Å². The van der Waals surface area contributed by atoms with Gasteiger partial charge < -0.3 is 15.4 Å². The summed E-state index contributed by atoms with van der Waals surface area (Å²) in [5, 5.41) is 5.64. The Balaban J connectivity index is 1.79. The lowest BCUT2D eigenvalue weighted by Gasteiger charge is -2.27. The fourth-order valence-corrected chi connectivity index (χ4v) is 4.97. The lowest BCUT2D eigenvalue weighted by molar-refractivity contribution is -0.123. The fourth-order valence-electron chi connectivity index (χ4n) is 3.63. The number of ether oxygens (including phenoxy) is 1. The van der Waals surface area contributed by atoms with Gasteiger partial charge in [-0.2, -0.15) is 4.31 Å². The summed E-state index contributed by atoms with van der Waals surface area (Å²) in [5.74, 6) is -0.228. The van der Waals surface area contributed by atoms with E-state index < -0.39 is 16.1 Å². The van der Waals surface area contributed by atoms with Gasteiger partial charge in [0.2, 0.25) is 15.9 Å². The van der Waals surface area contributed by atoms with E-state index in [0.29, 0.717) is 23.4 Å². The zero-order valence-electron chi connectivity index (χ0n) is 16.4. The first-order valence-electron chi connectivity index (χ1n) is 9.60. The van der Waals surface area contributed by atoms with Crippen LogP contribution in [0, 0.1) is 6.92 Å². The first kappa shape index (κ1) is 20.6. The van der Waals surface area contributed by atoms with Gasteiger partial charge in [0.15, 0.2) is 6.10 Å². The quantitative estimate of drug-likeness (QED) is 0.745. The highest BCUT2D eigenvalue weighted by Gasteiger charge is 2.31. The molecule has 1 aliphatic heterocycles. The number of hydrogen-bond donors (Lipinski definition) is 2. The number of carbonyl (C=O) groups is 2. The van der Waals surface area contributed by atoms with E-state index in [0.717, 1.165) is 30.0 Å². The van der Waals surface area contributed by atoms with E-state index in [-0.39, 0.29) is 29.3 Å². The number of nitrogens with one attached hydrogen (secondary N) is 2. The van der Waals surface area contributed by atoms with Crippen molar-refractivity contribution in [2.75, 3.05) is 18.9 Å². The lowest BCUT2D eigenvalue weighted by Crippen LogP contribution is -2.42. The van der Waals surface area contributed by atoms with E-state index in [9.17, 15) is 18.0 Å². The van der Waals surface area contributed by atoms with Crippen LogP contribution in [0.4, 0.5) is 5.69 Å². The van der Waals surface area contributed by atoms with Gasteiger partial charge in [-0.05, 0) is 37.8 Å². The zero-order valence-corrected chi connectivity index (χ0v) is 17.3. The SMILES string of the molecule is CC[C@H]1Oc2cc(S(=O)(=O)N(C)CC(=O)NC3CCCC3)c(C)cc2NC1=O. The average Bonchev–Trinajstić information content (AvgIpc) is 3.13. The molecule has 0 radical (unpaired) electrons. The largest absolute Gasteiger partial charge is 0.478 e. The molecule has 1 aliphatic carbocycles. The Hall–Kier alpha value is -2.13. The maximum absolute atomic E-state index is 13.0. The molecule has 0 aromatic heterocycles. The van der Waals surface area contributed by atoms with Gasteiger partial charge in [0.05, 0.1) is 17.1 Å². The van der Waals surface area contributed by atoms with Crippen molar-refractivity contribution in [3.63, 3.8) is 0 Å². The standard InChI is InChI=1S/C19H27N3O5S/c1-4-15-19(24)21-14-9-12(2)17(10-16(14)27-15)28(25,26)22(3)11-18(23)20-13-7-5-6-8-13/h9-10,13,15H,4-8,11H2,1-3H3,(H,20,23)(H,21,24)/t15-/m1/s1. The number of aryl methyl sites for hydroxylation is 1. The van der Waals surface area contributed by atoms with Crippen LogP contribution in [0.15, 0.2) is 17.0 Å². The predicted octanol–water partition coefficient (Wildman–Crippen LogP) is 1.78. The summed E-state index contributed by atoms with van der Waals surface area (Å²) >= 11 is 0. The van der Waals surface area contributed by atoms with Crippen molar-refractivity contribution in [2.45, 2.75) is 63.0 Å². The van der Waals surface area contributed by atoms with Gasteiger partial charge in [0.1, 0.15) is 5.75 Å². The lowest BCUT2D eigenvalue weighted by atomic mass is 10.1. The Morgan fingerprint density at radius 3 is 2.64 bits per heavy atom. The first-order valence-corrected chi connectivity index (χ1v) is 11.0. The van der Waals surface area contributed by atoms with Crippen molar-refractivity contribution in [3.05, 3.63) is 17.7 Å². The van der Waals surface area contributed by atoms with Crippen LogP contribution >= 0.6 is 0 Å². The van der Waals surface area contributed by atoms with Crippen LogP contribution < -0.4 is 15.4 Å². The molecule has 28 heavy (non-hydrogen) atoms. The summed E-state index contributed by atoms with van der Waals surface area (Å²) < 4.78 is 32.8. The van der Waals surface area contributed by atoms with Crippen LogP contribution in [0.25, 0.3) is 0 Å². The van der Waals surface area contributed by atoms with Gasteiger partial charge in [-0.25, -0.2) is 8.42 Å². The van der Waals surface area contributed by atoms with E-state index >= 15 is 0 Å². The number of nitrogens with zero attached hydrogens (tertiary/aromatic N) is 1. The Bertz CT molecular complexity index is 878. The van der Waals surface area contributed by atoms with Crippen LogP contribution in [-0.4, -0.2) is 50.3 Å². The minimum atomic E-state index is -3.89. The smallest absolute Gasteiger partial charge is 0.265 e. The van der Waals surface area contributed by atoms with E-state index in [1.807, 2.05) is 6.92 Å². The van der Waals surface area contributed by atoms with Gasteiger partial charge in [-0.1, -0.05) is 19.8 Å². The topological polar surface area (TPSA) is 105 Å². The molecule has 8 nitrogen and oxygen atoms in total. The zero-order chi connectivity index (χ0) is 20.5. The summed E-state index contributed by atoms with van der Waals surface area (Å²) in [5.41, 5.74) is 0.924. The fraction of sp³-hybridized carbons (Fsp3) is 0.579. The number of fused-ring (bicyclic) bond motifs is 1. The molecule has 0 unspecified atom stereocenters. The van der Waals surface area contributed by atoms with E-state index in [1.54, 1.807) is 13.0 Å². The minimum absolute atomic E-state index is 0.0634. The molecule has 2 amide bonds. The molecule has 0 spiro atoms. The Kier molecular flexibility index (Phi) is 5.95. The van der Waals surface area contributed by atoms with Gasteiger partial charge in [-0.15, -0.1) is 0 Å².